The SMILES string of the molecule is CCCNC(CC)CCCS(=O)(=O)c1c(Cl)cccc1Cl. The standard InChI is InChI=1S/C15H23Cl2NO2S/c1-3-10-18-12(4-2)7-6-11-21(19,20)15-13(16)8-5-9-14(15)17/h5,8-9,12,18H,3-4,6-7,10-11H2,1-2H3. The van der Waals surface area contributed by atoms with Crippen LogP contribution in [0.1, 0.15) is 39.5 Å². The number of benzene rings is 1. The van der Waals surface area contributed by atoms with Crippen LogP contribution in [0.3, 0.4) is 0 Å². The molecule has 1 N–H and O–H groups in total. The van der Waals surface area contributed by atoms with Gasteiger partial charge in [-0.25, -0.2) is 8.42 Å². The van der Waals surface area contributed by atoms with Gasteiger partial charge in [0.1, 0.15) is 4.90 Å². The minimum absolute atomic E-state index is 0.0582. The average molecular weight is 352 g/mol. The number of hydrogen-bond donors (Lipinski definition) is 1. The van der Waals surface area contributed by atoms with Crippen LogP contribution < -0.4 is 5.32 Å². The number of sulfone groups is 1. The number of rotatable bonds is 9. The van der Waals surface area contributed by atoms with Crippen LogP contribution in [0, 0.1) is 0 Å². The van der Waals surface area contributed by atoms with Gasteiger partial charge in [-0.1, -0.05) is 43.1 Å². The molecule has 0 aliphatic rings. The molecule has 0 heterocycles. The zero-order chi connectivity index (χ0) is 15.9. The van der Waals surface area contributed by atoms with Crippen molar-refractivity contribution in [1.29, 1.82) is 0 Å². The molecule has 0 aliphatic carbocycles. The van der Waals surface area contributed by atoms with Crippen LogP contribution in [-0.4, -0.2) is 26.8 Å². The van der Waals surface area contributed by atoms with E-state index in [2.05, 4.69) is 19.2 Å². The number of nitrogens with one attached hydrogen (secondary N) is 1. The monoisotopic (exact) mass is 351 g/mol. The molecule has 1 aromatic rings. The van der Waals surface area contributed by atoms with Crippen molar-refractivity contribution in [2.24, 2.45) is 0 Å². The van der Waals surface area contributed by atoms with Gasteiger partial charge in [0.25, 0.3) is 0 Å². The highest BCUT2D eigenvalue weighted by Gasteiger charge is 2.21. The molecule has 120 valence electrons. The Morgan fingerprint density at radius 1 is 1.19 bits per heavy atom. The first-order valence-electron chi connectivity index (χ1n) is 7.32. The van der Waals surface area contributed by atoms with E-state index in [-0.39, 0.29) is 20.7 Å². The minimum atomic E-state index is -3.44. The lowest BCUT2D eigenvalue weighted by Gasteiger charge is -2.16. The summed E-state index contributed by atoms with van der Waals surface area (Å²) in [6.07, 6.45) is 3.49. The van der Waals surface area contributed by atoms with Crippen molar-refractivity contribution in [2.75, 3.05) is 12.3 Å². The predicted molar refractivity (Wildman–Crippen MR) is 90.1 cm³/mol. The van der Waals surface area contributed by atoms with Gasteiger partial charge < -0.3 is 5.32 Å². The highest BCUT2D eigenvalue weighted by molar-refractivity contribution is 7.91. The summed E-state index contributed by atoms with van der Waals surface area (Å²) in [5.74, 6) is 0.0702. The molecule has 1 rings (SSSR count). The smallest absolute Gasteiger partial charge is 0.181 e. The summed E-state index contributed by atoms with van der Waals surface area (Å²) in [6, 6.07) is 5.11. The Balaban J connectivity index is 2.65. The quantitative estimate of drug-likeness (QED) is 0.720. The van der Waals surface area contributed by atoms with Gasteiger partial charge in [-0.2, -0.15) is 0 Å². The molecule has 1 atom stereocenters. The third-order valence-electron chi connectivity index (χ3n) is 3.37. The zero-order valence-electron chi connectivity index (χ0n) is 12.5. The molecule has 1 aromatic carbocycles. The van der Waals surface area contributed by atoms with Crippen molar-refractivity contribution in [2.45, 2.75) is 50.5 Å². The van der Waals surface area contributed by atoms with Crippen molar-refractivity contribution in [3.8, 4) is 0 Å². The molecule has 0 radical (unpaired) electrons. The molecule has 0 aliphatic heterocycles. The first-order chi connectivity index (χ1) is 9.92. The molecule has 21 heavy (non-hydrogen) atoms. The van der Waals surface area contributed by atoms with Crippen molar-refractivity contribution >= 4 is 33.0 Å². The van der Waals surface area contributed by atoms with Crippen LogP contribution in [0.5, 0.6) is 0 Å². The van der Waals surface area contributed by atoms with Gasteiger partial charge in [0.2, 0.25) is 0 Å². The lowest BCUT2D eigenvalue weighted by atomic mass is 10.1. The van der Waals surface area contributed by atoms with Crippen LogP contribution >= 0.6 is 23.2 Å². The molecule has 3 nitrogen and oxygen atoms in total. The second-order valence-electron chi connectivity index (χ2n) is 5.07. The Labute approximate surface area is 137 Å². The van der Waals surface area contributed by atoms with Crippen molar-refractivity contribution in [3.63, 3.8) is 0 Å². The molecule has 0 fully saturated rings. The summed E-state index contributed by atoms with van der Waals surface area (Å²) in [7, 11) is -3.44. The Bertz CT molecular complexity index is 526. The summed E-state index contributed by atoms with van der Waals surface area (Å²) < 4.78 is 24.7. The number of hydrogen-bond acceptors (Lipinski definition) is 3. The van der Waals surface area contributed by atoms with Crippen molar-refractivity contribution < 1.29 is 8.42 Å². The third kappa shape index (κ3) is 5.78. The summed E-state index contributed by atoms with van der Waals surface area (Å²) in [5, 5.41) is 3.81. The zero-order valence-corrected chi connectivity index (χ0v) is 14.9. The Hall–Kier alpha value is -0.290. The highest BCUT2D eigenvalue weighted by Crippen LogP contribution is 2.30. The van der Waals surface area contributed by atoms with E-state index in [0.717, 1.165) is 25.8 Å². The van der Waals surface area contributed by atoms with Gasteiger partial charge in [-0.15, -0.1) is 0 Å². The van der Waals surface area contributed by atoms with E-state index in [4.69, 9.17) is 23.2 Å². The Kier molecular flexibility index (Phi) is 8.03. The van der Waals surface area contributed by atoms with Crippen LogP contribution in [0.2, 0.25) is 10.0 Å². The second-order valence-corrected chi connectivity index (χ2v) is 7.93. The van der Waals surface area contributed by atoms with Crippen molar-refractivity contribution in [3.05, 3.63) is 28.2 Å². The van der Waals surface area contributed by atoms with E-state index in [0.29, 0.717) is 12.5 Å². The molecule has 0 saturated heterocycles. The lowest BCUT2D eigenvalue weighted by Crippen LogP contribution is -2.29. The fourth-order valence-electron chi connectivity index (χ4n) is 2.20. The van der Waals surface area contributed by atoms with E-state index in [1.807, 2.05) is 0 Å². The van der Waals surface area contributed by atoms with Crippen LogP contribution in [-0.2, 0) is 9.84 Å². The van der Waals surface area contributed by atoms with Crippen LogP contribution in [0.15, 0.2) is 23.1 Å². The molecular formula is C15H23Cl2NO2S. The van der Waals surface area contributed by atoms with Gasteiger partial charge in [0.15, 0.2) is 9.84 Å². The van der Waals surface area contributed by atoms with Crippen LogP contribution in [0.4, 0.5) is 0 Å². The third-order valence-corrected chi connectivity index (χ3v) is 6.11. The fraction of sp³-hybridized carbons (Fsp3) is 0.600. The Morgan fingerprint density at radius 3 is 2.33 bits per heavy atom. The second kappa shape index (κ2) is 8.99. The molecule has 1 unspecified atom stereocenters. The summed E-state index contributed by atoms with van der Waals surface area (Å²) in [6.45, 7) is 5.18. The molecule has 0 bridgehead atoms. The van der Waals surface area contributed by atoms with E-state index in [9.17, 15) is 8.42 Å². The molecule has 0 saturated carbocycles. The Morgan fingerprint density at radius 2 is 1.81 bits per heavy atom. The fourth-order valence-corrected chi connectivity index (χ4v) is 4.78. The summed E-state index contributed by atoms with van der Waals surface area (Å²) >= 11 is 12.0. The van der Waals surface area contributed by atoms with Gasteiger partial charge in [0, 0.05) is 6.04 Å². The maximum Gasteiger partial charge on any atom is 0.181 e. The first kappa shape index (κ1) is 18.8. The molecule has 0 spiro atoms. The summed E-state index contributed by atoms with van der Waals surface area (Å²) in [4.78, 5) is 0.0582. The molecular weight excluding hydrogens is 329 g/mol. The molecule has 0 aromatic heterocycles. The normalized spacial score (nSPS) is 13.3. The van der Waals surface area contributed by atoms with Crippen LogP contribution in [0.25, 0.3) is 0 Å². The largest absolute Gasteiger partial charge is 0.314 e. The maximum absolute atomic E-state index is 12.4. The predicted octanol–water partition coefficient (Wildman–Crippen LogP) is 4.33. The maximum atomic E-state index is 12.4. The minimum Gasteiger partial charge on any atom is -0.314 e. The topological polar surface area (TPSA) is 46.2 Å². The van der Waals surface area contributed by atoms with Gasteiger partial charge >= 0.3 is 0 Å². The highest BCUT2D eigenvalue weighted by atomic mass is 35.5. The van der Waals surface area contributed by atoms with E-state index in [1.165, 1.54) is 0 Å². The lowest BCUT2D eigenvalue weighted by molar-refractivity contribution is 0.463. The molecule has 0 amide bonds. The van der Waals surface area contributed by atoms with E-state index in [1.54, 1.807) is 18.2 Å². The first-order valence-corrected chi connectivity index (χ1v) is 9.73. The van der Waals surface area contributed by atoms with Crippen molar-refractivity contribution in [1.82, 2.24) is 5.32 Å². The van der Waals surface area contributed by atoms with Gasteiger partial charge in [-0.05, 0) is 44.4 Å². The average Bonchev–Trinajstić information content (AvgIpc) is 2.42. The van der Waals surface area contributed by atoms with E-state index >= 15 is 0 Å². The number of halogens is 2. The van der Waals surface area contributed by atoms with Gasteiger partial charge in [0.05, 0.1) is 15.8 Å². The molecule has 6 heteroatoms. The summed E-state index contributed by atoms with van der Waals surface area (Å²) in [5.41, 5.74) is 0. The van der Waals surface area contributed by atoms with Gasteiger partial charge in [-0.3, -0.25) is 0 Å². The van der Waals surface area contributed by atoms with E-state index < -0.39 is 9.84 Å².